The molecule has 0 unspecified atom stereocenters. The second-order valence-corrected chi connectivity index (χ2v) is 6.72. The van der Waals surface area contributed by atoms with E-state index in [1.165, 1.54) is 13.2 Å². The molecular weight excluding hydrogens is 454 g/mol. The van der Waals surface area contributed by atoms with E-state index in [9.17, 15) is 14.9 Å². The average molecular weight is 474 g/mol. The molecule has 0 saturated carbocycles. The molecule has 0 bridgehead atoms. The lowest BCUT2D eigenvalue weighted by atomic mass is 10.1. The van der Waals surface area contributed by atoms with Crippen LogP contribution in [0.1, 0.15) is 12.5 Å². The van der Waals surface area contributed by atoms with Crippen molar-refractivity contribution in [3.63, 3.8) is 0 Å². The van der Waals surface area contributed by atoms with E-state index in [-0.39, 0.29) is 17.9 Å². The molecular formula is C21H20BrN3O5. The summed E-state index contributed by atoms with van der Waals surface area (Å²) >= 11 is 3.33. The zero-order valence-corrected chi connectivity index (χ0v) is 18.0. The molecule has 2 amide bonds. The van der Waals surface area contributed by atoms with Crippen LogP contribution in [0.5, 0.6) is 17.2 Å². The van der Waals surface area contributed by atoms with Crippen LogP contribution in [0.2, 0.25) is 0 Å². The van der Waals surface area contributed by atoms with Gasteiger partial charge in [-0.25, -0.2) is 0 Å². The number of amides is 2. The quantitative estimate of drug-likeness (QED) is 0.425. The summed E-state index contributed by atoms with van der Waals surface area (Å²) in [7, 11) is 1.43. The summed E-state index contributed by atoms with van der Waals surface area (Å²) < 4.78 is 16.4. The Labute approximate surface area is 182 Å². The third-order valence-electron chi connectivity index (χ3n) is 3.71. The number of rotatable bonds is 9. The van der Waals surface area contributed by atoms with Gasteiger partial charge in [-0.2, -0.15) is 5.26 Å². The first-order valence-corrected chi connectivity index (χ1v) is 9.61. The number of nitriles is 1. The Morgan fingerprint density at radius 3 is 2.50 bits per heavy atom. The fourth-order valence-electron chi connectivity index (χ4n) is 2.42. The molecule has 156 valence electrons. The molecule has 8 nitrogen and oxygen atoms in total. The SMILES string of the molecule is CCOc1ccc(NC(=O)/C(C#N)=C/c2cc(Br)c(OCC(N)=O)c(OC)c2)cc1. The Morgan fingerprint density at radius 2 is 1.93 bits per heavy atom. The fourth-order valence-corrected chi connectivity index (χ4v) is 3.00. The predicted octanol–water partition coefficient (Wildman–Crippen LogP) is 3.27. The lowest BCUT2D eigenvalue weighted by Crippen LogP contribution is -2.20. The van der Waals surface area contributed by atoms with Gasteiger partial charge >= 0.3 is 0 Å². The van der Waals surface area contributed by atoms with Crippen molar-refractivity contribution in [1.29, 1.82) is 5.26 Å². The van der Waals surface area contributed by atoms with Gasteiger partial charge in [-0.15, -0.1) is 0 Å². The smallest absolute Gasteiger partial charge is 0.266 e. The molecule has 0 saturated heterocycles. The summed E-state index contributed by atoms with van der Waals surface area (Å²) in [6.07, 6.45) is 1.41. The van der Waals surface area contributed by atoms with E-state index in [1.54, 1.807) is 36.4 Å². The zero-order valence-electron chi connectivity index (χ0n) is 16.4. The van der Waals surface area contributed by atoms with Gasteiger partial charge in [0, 0.05) is 5.69 Å². The summed E-state index contributed by atoms with van der Waals surface area (Å²) in [5, 5.41) is 12.1. The molecule has 2 aromatic rings. The third-order valence-corrected chi connectivity index (χ3v) is 4.30. The number of carbonyl (C=O) groups excluding carboxylic acids is 2. The van der Waals surface area contributed by atoms with Crippen LogP contribution in [0.15, 0.2) is 46.4 Å². The second kappa shape index (κ2) is 10.9. The number of carbonyl (C=O) groups is 2. The van der Waals surface area contributed by atoms with Gasteiger partial charge in [-0.05, 0) is 70.9 Å². The number of hydrogen-bond donors (Lipinski definition) is 2. The van der Waals surface area contributed by atoms with Crippen molar-refractivity contribution in [2.24, 2.45) is 5.73 Å². The van der Waals surface area contributed by atoms with Crippen molar-refractivity contribution in [2.75, 3.05) is 25.6 Å². The molecule has 2 rings (SSSR count). The first kappa shape index (κ1) is 22.8. The standard InChI is InChI=1S/C21H20BrN3O5/c1-3-29-16-6-4-15(5-7-16)25-21(27)14(11-23)8-13-9-17(22)20(18(10-13)28-2)30-12-19(24)26/h4-10H,3,12H2,1-2H3,(H2,24,26)(H,25,27)/b14-8+. The lowest BCUT2D eigenvalue weighted by molar-refractivity contribution is -0.120. The van der Waals surface area contributed by atoms with Crippen molar-refractivity contribution >= 4 is 39.5 Å². The summed E-state index contributed by atoms with van der Waals surface area (Å²) in [6.45, 7) is 2.10. The highest BCUT2D eigenvalue weighted by atomic mass is 79.9. The highest BCUT2D eigenvalue weighted by Crippen LogP contribution is 2.37. The molecule has 0 fully saturated rings. The van der Waals surface area contributed by atoms with Crippen molar-refractivity contribution in [1.82, 2.24) is 0 Å². The Kier molecular flexibility index (Phi) is 8.26. The highest BCUT2D eigenvalue weighted by molar-refractivity contribution is 9.10. The van der Waals surface area contributed by atoms with E-state index in [1.807, 2.05) is 13.0 Å². The number of methoxy groups -OCH3 is 1. The van der Waals surface area contributed by atoms with Crippen molar-refractivity contribution < 1.29 is 23.8 Å². The normalized spacial score (nSPS) is 10.7. The van der Waals surface area contributed by atoms with Crippen LogP contribution in [0.4, 0.5) is 5.69 Å². The molecule has 0 spiro atoms. The lowest BCUT2D eigenvalue weighted by Gasteiger charge is -2.12. The molecule has 30 heavy (non-hydrogen) atoms. The summed E-state index contributed by atoms with van der Waals surface area (Å²) in [5.41, 5.74) is 6.03. The number of benzene rings is 2. The summed E-state index contributed by atoms with van der Waals surface area (Å²) in [5.74, 6) is 0.0745. The Hall–Kier alpha value is -3.51. The van der Waals surface area contributed by atoms with Gasteiger partial charge in [0.1, 0.15) is 17.4 Å². The van der Waals surface area contributed by atoms with Gasteiger partial charge in [0.05, 0.1) is 18.2 Å². The van der Waals surface area contributed by atoms with Crippen molar-refractivity contribution in [3.05, 3.63) is 52.0 Å². The molecule has 9 heteroatoms. The maximum absolute atomic E-state index is 12.5. The number of primary amides is 1. The number of nitrogens with zero attached hydrogens (tertiary/aromatic N) is 1. The number of nitrogens with two attached hydrogens (primary N) is 1. The van der Waals surface area contributed by atoms with Crippen LogP contribution in [0, 0.1) is 11.3 Å². The Bertz CT molecular complexity index is 997. The Balaban J connectivity index is 2.23. The number of halogens is 1. The molecule has 0 aromatic heterocycles. The maximum atomic E-state index is 12.5. The minimum Gasteiger partial charge on any atom is -0.494 e. The van der Waals surface area contributed by atoms with Gasteiger partial charge < -0.3 is 25.3 Å². The number of anilines is 1. The minimum absolute atomic E-state index is 0.108. The second-order valence-electron chi connectivity index (χ2n) is 5.87. The van der Waals surface area contributed by atoms with Gasteiger partial charge in [0.25, 0.3) is 11.8 Å². The predicted molar refractivity (Wildman–Crippen MR) is 115 cm³/mol. The first-order chi connectivity index (χ1) is 14.4. The molecule has 0 heterocycles. The number of ether oxygens (including phenoxy) is 3. The average Bonchev–Trinajstić information content (AvgIpc) is 2.72. The molecule has 0 atom stereocenters. The van der Waals surface area contributed by atoms with Crippen molar-refractivity contribution in [3.8, 4) is 23.3 Å². The Morgan fingerprint density at radius 1 is 1.23 bits per heavy atom. The minimum atomic E-state index is -0.634. The zero-order chi connectivity index (χ0) is 22.1. The molecule has 0 aliphatic heterocycles. The van der Waals surface area contributed by atoms with E-state index in [0.29, 0.717) is 33.8 Å². The monoisotopic (exact) mass is 473 g/mol. The van der Waals surface area contributed by atoms with Crippen LogP contribution < -0.4 is 25.3 Å². The van der Waals surface area contributed by atoms with Crippen molar-refractivity contribution in [2.45, 2.75) is 6.92 Å². The summed E-state index contributed by atoms with van der Waals surface area (Å²) in [4.78, 5) is 23.4. The van der Waals surface area contributed by atoms with Crippen LogP contribution in [-0.4, -0.2) is 32.1 Å². The van der Waals surface area contributed by atoms with Crippen LogP contribution in [0.25, 0.3) is 6.08 Å². The molecule has 0 aliphatic carbocycles. The molecule has 0 radical (unpaired) electrons. The third kappa shape index (κ3) is 6.25. The highest BCUT2D eigenvalue weighted by Gasteiger charge is 2.15. The fraction of sp³-hybridized carbons (Fsp3) is 0.190. The van der Waals surface area contributed by atoms with E-state index in [4.69, 9.17) is 19.9 Å². The van der Waals surface area contributed by atoms with E-state index in [0.717, 1.165) is 0 Å². The van der Waals surface area contributed by atoms with E-state index >= 15 is 0 Å². The largest absolute Gasteiger partial charge is 0.494 e. The molecule has 2 aromatic carbocycles. The van der Waals surface area contributed by atoms with Gasteiger partial charge in [-0.3, -0.25) is 9.59 Å². The van der Waals surface area contributed by atoms with Crippen LogP contribution >= 0.6 is 15.9 Å². The topological polar surface area (TPSA) is 124 Å². The van der Waals surface area contributed by atoms with Gasteiger partial charge in [-0.1, -0.05) is 0 Å². The number of nitrogens with one attached hydrogen (secondary N) is 1. The van der Waals surface area contributed by atoms with E-state index < -0.39 is 11.8 Å². The molecule has 3 N–H and O–H groups in total. The number of hydrogen-bond acceptors (Lipinski definition) is 6. The van der Waals surface area contributed by atoms with Gasteiger partial charge in [0.2, 0.25) is 0 Å². The molecule has 0 aliphatic rings. The van der Waals surface area contributed by atoms with E-state index in [2.05, 4.69) is 21.2 Å². The summed E-state index contributed by atoms with van der Waals surface area (Å²) in [6, 6.07) is 11.9. The van der Waals surface area contributed by atoms with Crippen LogP contribution in [-0.2, 0) is 9.59 Å². The van der Waals surface area contributed by atoms with Crippen LogP contribution in [0.3, 0.4) is 0 Å². The maximum Gasteiger partial charge on any atom is 0.266 e. The first-order valence-electron chi connectivity index (χ1n) is 8.82. The van der Waals surface area contributed by atoms with Gasteiger partial charge in [0.15, 0.2) is 18.1 Å².